The summed E-state index contributed by atoms with van der Waals surface area (Å²) in [5.74, 6) is -0.283. The zero-order chi connectivity index (χ0) is 22.9. The van der Waals surface area contributed by atoms with Gasteiger partial charge in [0.1, 0.15) is 0 Å². The third kappa shape index (κ3) is 5.96. The van der Waals surface area contributed by atoms with Crippen molar-refractivity contribution >= 4 is 23.4 Å². The van der Waals surface area contributed by atoms with Crippen molar-refractivity contribution in [1.29, 1.82) is 0 Å². The fraction of sp³-hybridized carbons (Fsp3) is 0.292. The van der Waals surface area contributed by atoms with Crippen molar-refractivity contribution in [2.24, 2.45) is 0 Å². The summed E-state index contributed by atoms with van der Waals surface area (Å²) in [6.07, 6.45) is 0. The van der Waals surface area contributed by atoms with Gasteiger partial charge in [0.25, 0.3) is 5.91 Å². The van der Waals surface area contributed by atoms with Crippen LogP contribution >= 0.6 is 11.6 Å². The Balaban J connectivity index is 1.56. The fourth-order valence-electron chi connectivity index (χ4n) is 3.49. The minimum Gasteiger partial charge on any atom is -0.355 e. The standard InChI is InChI=1S/C24H27ClN4O3/c1-3-29(4-2)21(18-12-8-9-13-19(18)25)15-26-23(30)16-27-24(31)20-14-22(32-28-20)17-10-6-5-7-11-17/h5-14,21H,3-4,15-16H2,1-2H3,(H,26,30)(H,27,31). The Hall–Kier alpha value is -3.16. The molecule has 0 saturated heterocycles. The number of carbonyl (C=O) groups is 2. The van der Waals surface area contributed by atoms with Crippen molar-refractivity contribution in [3.8, 4) is 11.3 Å². The quantitative estimate of drug-likeness (QED) is 0.484. The van der Waals surface area contributed by atoms with Gasteiger partial charge in [0.15, 0.2) is 11.5 Å². The summed E-state index contributed by atoms with van der Waals surface area (Å²) >= 11 is 6.40. The molecule has 0 aliphatic rings. The molecule has 3 rings (SSSR count). The highest BCUT2D eigenvalue weighted by atomic mass is 35.5. The molecule has 3 aromatic rings. The molecule has 0 aliphatic carbocycles. The normalized spacial score (nSPS) is 11.9. The van der Waals surface area contributed by atoms with Crippen LogP contribution in [-0.2, 0) is 4.79 Å². The largest absolute Gasteiger partial charge is 0.355 e. The summed E-state index contributed by atoms with van der Waals surface area (Å²) in [4.78, 5) is 27.0. The molecule has 2 N–H and O–H groups in total. The SMILES string of the molecule is CCN(CC)C(CNC(=O)CNC(=O)c1cc(-c2ccccc2)on1)c1ccccc1Cl. The second-order valence-corrected chi connectivity index (χ2v) is 7.59. The van der Waals surface area contributed by atoms with E-state index in [9.17, 15) is 9.59 Å². The number of nitrogens with zero attached hydrogens (tertiary/aromatic N) is 2. The lowest BCUT2D eigenvalue weighted by Gasteiger charge is -2.31. The topological polar surface area (TPSA) is 87.5 Å². The number of benzene rings is 2. The number of nitrogens with one attached hydrogen (secondary N) is 2. The van der Waals surface area contributed by atoms with Gasteiger partial charge >= 0.3 is 0 Å². The van der Waals surface area contributed by atoms with Crippen LogP contribution in [0.25, 0.3) is 11.3 Å². The number of likely N-dealkylation sites (N-methyl/N-ethyl adjacent to an activating group) is 1. The lowest BCUT2D eigenvalue weighted by molar-refractivity contribution is -0.120. The molecular weight excluding hydrogens is 428 g/mol. The number of rotatable bonds is 10. The molecule has 1 atom stereocenters. The molecule has 7 nitrogen and oxygen atoms in total. The lowest BCUT2D eigenvalue weighted by atomic mass is 10.0. The van der Waals surface area contributed by atoms with Crippen molar-refractivity contribution in [3.05, 3.63) is 76.9 Å². The Morgan fingerprint density at radius 1 is 1.03 bits per heavy atom. The van der Waals surface area contributed by atoms with Gasteiger partial charge < -0.3 is 15.2 Å². The second kappa shape index (κ2) is 11.5. The van der Waals surface area contributed by atoms with Gasteiger partial charge in [0.05, 0.1) is 12.6 Å². The molecule has 0 spiro atoms. The minimum atomic E-state index is -0.475. The molecule has 1 aromatic heterocycles. The van der Waals surface area contributed by atoms with Crippen LogP contribution in [0.5, 0.6) is 0 Å². The number of carbonyl (C=O) groups excluding carboxylic acids is 2. The first-order valence-electron chi connectivity index (χ1n) is 10.6. The highest BCUT2D eigenvalue weighted by Gasteiger charge is 2.21. The van der Waals surface area contributed by atoms with Crippen LogP contribution in [0, 0.1) is 0 Å². The number of halogens is 1. The first-order valence-corrected chi connectivity index (χ1v) is 11.0. The van der Waals surface area contributed by atoms with E-state index >= 15 is 0 Å². The smallest absolute Gasteiger partial charge is 0.273 e. The first kappa shape index (κ1) is 23.5. The van der Waals surface area contributed by atoms with Gasteiger partial charge in [-0.2, -0.15) is 0 Å². The summed E-state index contributed by atoms with van der Waals surface area (Å²) in [5, 5.41) is 9.94. The van der Waals surface area contributed by atoms with Gasteiger partial charge in [-0.05, 0) is 24.7 Å². The molecule has 0 fully saturated rings. The molecule has 0 aliphatic heterocycles. The van der Waals surface area contributed by atoms with E-state index in [1.165, 1.54) is 0 Å². The Bertz CT molecular complexity index is 1030. The van der Waals surface area contributed by atoms with E-state index in [0.29, 0.717) is 17.3 Å². The van der Waals surface area contributed by atoms with Gasteiger partial charge in [-0.15, -0.1) is 0 Å². The van der Waals surface area contributed by atoms with E-state index in [-0.39, 0.29) is 24.2 Å². The molecular formula is C24H27ClN4O3. The summed E-state index contributed by atoms with van der Waals surface area (Å²) in [6.45, 7) is 5.97. The van der Waals surface area contributed by atoms with Crippen molar-refractivity contribution in [2.75, 3.05) is 26.2 Å². The maximum Gasteiger partial charge on any atom is 0.273 e. The molecule has 2 aromatic carbocycles. The van der Waals surface area contributed by atoms with E-state index in [2.05, 4.69) is 34.5 Å². The van der Waals surface area contributed by atoms with Gasteiger partial charge in [0.2, 0.25) is 5.91 Å². The average molecular weight is 455 g/mol. The highest BCUT2D eigenvalue weighted by molar-refractivity contribution is 6.31. The van der Waals surface area contributed by atoms with Crippen molar-refractivity contribution in [3.63, 3.8) is 0 Å². The molecule has 32 heavy (non-hydrogen) atoms. The summed E-state index contributed by atoms with van der Waals surface area (Å²) in [6, 6.07) is 18.5. The Morgan fingerprint density at radius 3 is 2.41 bits per heavy atom. The number of hydrogen-bond acceptors (Lipinski definition) is 5. The predicted octanol–water partition coefficient (Wildman–Crippen LogP) is 3.92. The van der Waals surface area contributed by atoms with Crippen LogP contribution < -0.4 is 10.6 Å². The molecule has 0 bridgehead atoms. The molecule has 1 unspecified atom stereocenters. The van der Waals surface area contributed by atoms with E-state index < -0.39 is 5.91 Å². The first-order chi connectivity index (χ1) is 15.5. The predicted molar refractivity (Wildman–Crippen MR) is 124 cm³/mol. The molecule has 2 amide bonds. The molecule has 1 heterocycles. The van der Waals surface area contributed by atoms with Gasteiger partial charge in [-0.25, -0.2) is 0 Å². The Morgan fingerprint density at radius 2 is 1.72 bits per heavy atom. The summed E-state index contributed by atoms with van der Waals surface area (Å²) in [7, 11) is 0. The maximum absolute atomic E-state index is 12.4. The van der Waals surface area contributed by atoms with E-state index in [4.69, 9.17) is 16.1 Å². The number of aromatic nitrogens is 1. The second-order valence-electron chi connectivity index (χ2n) is 7.19. The molecule has 0 saturated carbocycles. The summed E-state index contributed by atoms with van der Waals surface area (Å²) in [5.41, 5.74) is 1.89. The molecule has 8 heteroatoms. The van der Waals surface area contributed by atoms with E-state index in [1.807, 2.05) is 54.6 Å². The van der Waals surface area contributed by atoms with Crippen LogP contribution in [0.15, 0.2) is 65.2 Å². The fourth-order valence-corrected chi connectivity index (χ4v) is 3.75. The monoisotopic (exact) mass is 454 g/mol. The molecule has 168 valence electrons. The van der Waals surface area contributed by atoms with Crippen molar-refractivity contribution in [2.45, 2.75) is 19.9 Å². The van der Waals surface area contributed by atoms with Crippen LogP contribution in [0.2, 0.25) is 5.02 Å². The average Bonchev–Trinajstić information content (AvgIpc) is 3.32. The van der Waals surface area contributed by atoms with E-state index in [1.54, 1.807) is 6.07 Å². The van der Waals surface area contributed by atoms with Crippen LogP contribution in [0.3, 0.4) is 0 Å². The van der Waals surface area contributed by atoms with Crippen LogP contribution in [-0.4, -0.2) is 48.0 Å². The Labute approximate surface area is 192 Å². The van der Waals surface area contributed by atoms with Gasteiger partial charge in [0, 0.05) is 23.2 Å². The zero-order valence-corrected chi connectivity index (χ0v) is 18.9. The molecule has 0 radical (unpaired) electrons. The lowest BCUT2D eigenvalue weighted by Crippen LogP contribution is -2.42. The van der Waals surface area contributed by atoms with Gasteiger partial charge in [-0.1, -0.05) is 79.1 Å². The zero-order valence-electron chi connectivity index (χ0n) is 18.2. The van der Waals surface area contributed by atoms with Crippen LogP contribution in [0.4, 0.5) is 0 Å². The summed E-state index contributed by atoms with van der Waals surface area (Å²) < 4.78 is 5.24. The van der Waals surface area contributed by atoms with Crippen LogP contribution in [0.1, 0.15) is 35.9 Å². The van der Waals surface area contributed by atoms with E-state index in [0.717, 1.165) is 24.2 Å². The van der Waals surface area contributed by atoms with Crippen molar-refractivity contribution < 1.29 is 14.1 Å². The maximum atomic E-state index is 12.4. The van der Waals surface area contributed by atoms with Gasteiger partial charge in [-0.3, -0.25) is 14.5 Å². The number of hydrogen-bond donors (Lipinski definition) is 2. The number of amides is 2. The third-order valence-corrected chi connectivity index (χ3v) is 5.56. The third-order valence-electron chi connectivity index (χ3n) is 5.22. The minimum absolute atomic E-state index is 0.0673. The Kier molecular flexibility index (Phi) is 8.41. The van der Waals surface area contributed by atoms with Crippen molar-refractivity contribution in [1.82, 2.24) is 20.7 Å². The highest BCUT2D eigenvalue weighted by Crippen LogP contribution is 2.27.